The quantitative estimate of drug-likeness (QED) is 0.0373. The van der Waals surface area contributed by atoms with Gasteiger partial charge in [-0.1, -0.05) is 305 Å². The van der Waals surface area contributed by atoms with E-state index >= 15 is 0 Å². The van der Waals surface area contributed by atoms with Crippen molar-refractivity contribution in [2.24, 2.45) is 0 Å². The van der Waals surface area contributed by atoms with Crippen molar-refractivity contribution in [1.82, 2.24) is 0 Å². The topological polar surface area (TPSA) is 72.8 Å². The molecule has 0 heterocycles. The van der Waals surface area contributed by atoms with Crippen molar-refractivity contribution >= 4 is 11.9 Å². The Morgan fingerprint density at radius 1 is 0.343 bits per heavy atom. The summed E-state index contributed by atoms with van der Waals surface area (Å²) in [5.41, 5.74) is 0. The Labute approximate surface area is 435 Å². The van der Waals surface area contributed by atoms with E-state index in [-0.39, 0.29) is 25.2 Å². The van der Waals surface area contributed by atoms with E-state index in [4.69, 9.17) is 9.47 Å². The van der Waals surface area contributed by atoms with Crippen LogP contribution < -0.4 is 0 Å². The van der Waals surface area contributed by atoms with Crippen LogP contribution in [0.2, 0.25) is 0 Å². The standard InChI is InChI=1S/C65H116O5/c1-3-5-7-9-11-13-15-17-19-21-23-24-25-26-27-28-29-30-31-32-33-34-35-36-37-38-39-40-42-44-46-48-50-52-54-56-58-60-65(68)70-63(61-66)62-69-64(67)59-57-55-53-51-49-47-45-43-41-22-20-18-16-14-12-10-8-6-4-2/h5,7,11,13,17,19,23-24,26-27,29-30,63,66H,3-4,6,8-10,12,14-16,18,20-22,25,28,31-62H2,1-2H3/b7-5-,13-11-,19-17-,24-23-,27-26-,30-29-. The Bertz CT molecular complexity index is 1240. The van der Waals surface area contributed by atoms with E-state index in [0.29, 0.717) is 12.8 Å². The van der Waals surface area contributed by atoms with Gasteiger partial charge in [0.15, 0.2) is 6.10 Å². The zero-order chi connectivity index (χ0) is 50.6. The predicted octanol–water partition coefficient (Wildman–Crippen LogP) is 20.8. The zero-order valence-corrected chi connectivity index (χ0v) is 46.5. The fourth-order valence-electron chi connectivity index (χ4n) is 8.97. The number of carbonyl (C=O) groups is 2. The molecule has 1 unspecified atom stereocenters. The second-order valence-corrected chi connectivity index (χ2v) is 20.4. The number of hydrogen-bond acceptors (Lipinski definition) is 5. The Morgan fingerprint density at radius 3 is 0.929 bits per heavy atom. The number of ether oxygens (including phenoxy) is 2. The van der Waals surface area contributed by atoms with Gasteiger partial charge in [-0.15, -0.1) is 0 Å². The highest BCUT2D eigenvalue weighted by Crippen LogP contribution is 2.17. The zero-order valence-electron chi connectivity index (χ0n) is 46.5. The predicted molar refractivity (Wildman–Crippen MR) is 306 cm³/mol. The molecular weight excluding hydrogens is 861 g/mol. The second-order valence-electron chi connectivity index (χ2n) is 20.4. The Balaban J connectivity index is 3.44. The Morgan fingerprint density at radius 2 is 0.614 bits per heavy atom. The Kier molecular flexibility index (Phi) is 58.3. The first kappa shape index (κ1) is 67.3. The first-order valence-corrected chi connectivity index (χ1v) is 30.5. The van der Waals surface area contributed by atoms with Gasteiger partial charge in [0.1, 0.15) is 6.61 Å². The molecule has 5 heteroatoms. The van der Waals surface area contributed by atoms with Crippen molar-refractivity contribution < 1.29 is 24.2 Å². The number of carbonyl (C=O) groups excluding carboxylic acids is 2. The van der Waals surface area contributed by atoms with Gasteiger partial charge in [0.2, 0.25) is 0 Å². The number of unbranched alkanes of at least 4 members (excludes halogenated alkanes) is 36. The summed E-state index contributed by atoms with van der Waals surface area (Å²) in [6.07, 6.45) is 83.2. The monoisotopic (exact) mass is 977 g/mol. The molecular formula is C65H116O5. The van der Waals surface area contributed by atoms with Crippen molar-refractivity contribution in [2.45, 2.75) is 315 Å². The molecule has 0 saturated heterocycles. The molecule has 406 valence electrons. The average Bonchev–Trinajstić information content (AvgIpc) is 3.36. The Hall–Kier alpha value is -2.66. The summed E-state index contributed by atoms with van der Waals surface area (Å²) < 4.78 is 10.7. The minimum atomic E-state index is -0.771. The van der Waals surface area contributed by atoms with Gasteiger partial charge in [-0.25, -0.2) is 0 Å². The van der Waals surface area contributed by atoms with Crippen LogP contribution in [0.15, 0.2) is 72.9 Å². The lowest BCUT2D eigenvalue weighted by atomic mass is 10.0. The normalized spacial score (nSPS) is 12.7. The van der Waals surface area contributed by atoms with Crippen LogP contribution in [-0.4, -0.2) is 36.4 Å². The lowest BCUT2D eigenvalue weighted by Gasteiger charge is -2.15. The lowest BCUT2D eigenvalue weighted by molar-refractivity contribution is -0.161. The molecule has 0 saturated carbocycles. The number of aliphatic hydroxyl groups excluding tert-OH is 1. The fraction of sp³-hybridized carbons (Fsp3) is 0.785. The van der Waals surface area contributed by atoms with Gasteiger partial charge in [0.05, 0.1) is 6.61 Å². The van der Waals surface area contributed by atoms with E-state index in [1.165, 1.54) is 205 Å². The smallest absolute Gasteiger partial charge is 0.306 e. The molecule has 0 radical (unpaired) electrons. The maximum absolute atomic E-state index is 12.3. The van der Waals surface area contributed by atoms with Crippen molar-refractivity contribution in [3.8, 4) is 0 Å². The summed E-state index contributed by atoms with van der Waals surface area (Å²) in [6.45, 7) is 4.07. The lowest BCUT2D eigenvalue weighted by Crippen LogP contribution is -2.28. The molecule has 0 aromatic carbocycles. The van der Waals surface area contributed by atoms with Crippen molar-refractivity contribution in [3.63, 3.8) is 0 Å². The van der Waals surface area contributed by atoms with Crippen LogP contribution in [0.4, 0.5) is 0 Å². The molecule has 0 bridgehead atoms. The summed E-state index contributed by atoms with van der Waals surface area (Å²) >= 11 is 0. The minimum Gasteiger partial charge on any atom is -0.462 e. The highest BCUT2D eigenvalue weighted by molar-refractivity contribution is 5.70. The van der Waals surface area contributed by atoms with Gasteiger partial charge in [0.25, 0.3) is 0 Å². The van der Waals surface area contributed by atoms with Gasteiger partial charge in [-0.2, -0.15) is 0 Å². The molecule has 5 nitrogen and oxygen atoms in total. The fourth-order valence-corrected chi connectivity index (χ4v) is 8.97. The van der Waals surface area contributed by atoms with E-state index in [0.717, 1.165) is 77.0 Å². The molecule has 0 fully saturated rings. The second kappa shape index (κ2) is 60.6. The number of esters is 2. The van der Waals surface area contributed by atoms with Crippen LogP contribution in [0.3, 0.4) is 0 Å². The van der Waals surface area contributed by atoms with Gasteiger partial charge in [-0.3, -0.25) is 9.59 Å². The van der Waals surface area contributed by atoms with Crippen LogP contribution >= 0.6 is 0 Å². The molecule has 0 aliphatic rings. The number of allylic oxidation sites excluding steroid dienone is 12. The number of rotatable bonds is 56. The summed E-state index contributed by atoms with van der Waals surface area (Å²) in [4.78, 5) is 24.5. The maximum Gasteiger partial charge on any atom is 0.306 e. The van der Waals surface area contributed by atoms with Gasteiger partial charge >= 0.3 is 11.9 Å². The van der Waals surface area contributed by atoms with E-state index in [1.54, 1.807) is 0 Å². The molecule has 1 atom stereocenters. The van der Waals surface area contributed by atoms with Gasteiger partial charge in [0, 0.05) is 12.8 Å². The summed E-state index contributed by atoms with van der Waals surface area (Å²) in [5, 5.41) is 9.66. The third-order valence-electron chi connectivity index (χ3n) is 13.5. The van der Waals surface area contributed by atoms with E-state index < -0.39 is 6.10 Å². The van der Waals surface area contributed by atoms with E-state index in [2.05, 4.69) is 86.8 Å². The van der Waals surface area contributed by atoms with E-state index in [9.17, 15) is 14.7 Å². The van der Waals surface area contributed by atoms with Crippen LogP contribution in [0.1, 0.15) is 309 Å². The highest BCUT2D eigenvalue weighted by atomic mass is 16.6. The first-order valence-electron chi connectivity index (χ1n) is 30.5. The molecule has 1 N–H and O–H groups in total. The van der Waals surface area contributed by atoms with E-state index in [1.807, 2.05) is 0 Å². The maximum atomic E-state index is 12.3. The molecule has 0 aromatic heterocycles. The molecule has 0 spiro atoms. The largest absolute Gasteiger partial charge is 0.462 e. The first-order chi connectivity index (χ1) is 34.6. The summed E-state index contributed by atoms with van der Waals surface area (Å²) in [7, 11) is 0. The number of aliphatic hydroxyl groups is 1. The van der Waals surface area contributed by atoms with Crippen molar-refractivity contribution in [2.75, 3.05) is 13.2 Å². The number of hydrogen-bond donors (Lipinski definition) is 1. The van der Waals surface area contributed by atoms with Gasteiger partial charge in [-0.05, 0) is 64.2 Å². The van der Waals surface area contributed by atoms with Crippen LogP contribution in [0.25, 0.3) is 0 Å². The molecule has 0 aliphatic carbocycles. The molecule has 0 aliphatic heterocycles. The minimum absolute atomic E-state index is 0.0616. The average molecular weight is 978 g/mol. The van der Waals surface area contributed by atoms with Gasteiger partial charge < -0.3 is 14.6 Å². The van der Waals surface area contributed by atoms with Crippen molar-refractivity contribution in [1.29, 1.82) is 0 Å². The molecule has 0 amide bonds. The molecule has 0 rings (SSSR count). The van der Waals surface area contributed by atoms with Crippen molar-refractivity contribution in [3.05, 3.63) is 72.9 Å². The van der Waals surface area contributed by atoms with Crippen LogP contribution in [-0.2, 0) is 19.1 Å². The summed E-state index contributed by atoms with van der Waals surface area (Å²) in [6, 6.07) is 0. The van der Waals surface area contributed by atoms with Crippen LogP contribution in [0.5, 0.6) is 0 Å². The molecule has 70 heavy (non-hydrogen) atoms. The molecule has 0 aromatic rings. The third kappa shape index (κ3) is 57.9. The van der Waals surface area contributed by atoms with Crippen LogP contribution in [0, 0.1) is 0 Å². The third-order valence-corrected chi connectivity index (χ3v) is 13.5. The summed E-state index contributed by atoms with van der Waals surface area (Å²) in [5.74, 6) is -0.574. The SMILES string of the molecule is CC/C=C\C/C=C\C/C=C\C/C=C\C/C=C\C/C=C\CCCCCCCCCCCCCCCCCCCCC(=O)OC(CO)COC(=O)CCCCCCCCCCCCCCCCCCCCC. The highest BCUT2D eigenvalue weighted by Gasteiger charge is 2.16.